The number of pyridine rings is 2. The molecule has 0 saturated carbocycles. The predicted octanol–water partition coefficient (Wildman–Crippen LogP) is 3.39. The minimum Gasteiger partial charge on any atom is -0.466 e. The second kappa shape index (κ2) is 7.76. The fraction of sp³-hybridized carbons (Fsp3) is 0.0556. The van der Waals surface area contributed by atoms with Crippen LogP contribution in [0.3, 0.4) is 0 Å². The fourth-order valence-electron chi connectivity index (χ4n) is 2.13. The molecule has 3 aromatic rings. The monoisotopic (exact) mass is 481 g/mol. The number of aromatic nitrogens is 2. The molecule has 2 heterocycles. The number of hydrogen-bond donors (Lipinski definition) is 0. The van der Waals surface area contributed by atoms with Crippen LogP contribution in [0.2, 0.25) is 0 Å². The van der Waals surface area contributed by atoms with E-state index in [1.165, 1.54) is 7.11 Å². The van der Waals surface area contributed by atoms with E-state index in [1.807, 2.05) is 36.4 Å². The first-order chi connectivity index (χ1) is 10.8. The third-order valence-electron chi connectivity index (χ3n) is 3.17. The maximum atomic E-state index is 11.9. The quantitative estimate of drug-likeness (QED) is 0.427. The number of ether oxygens (including phenoxy) is 1. The van der Waals surface area contributed by atoms with E-state index in [-0.39, 0.29) is 19.8 Å². The van der Waals surface area contributed by atoms with Crippen molar-refractivity contribution in [1.29, 1.82) is 0 Å². The summed E-state index contributed by atoms with van der Waals surface area (Å²) >= 11 is 0. The largest absolute Gasteiger partial charge is 1.00 e. The van der Waals surface area contributed by atoms with Crippen LogP contribution < -0.4 is 0 Å². The maximum absolute atomic E-state index is 11.9. The van der Waals surface area contributed by atoms with Gasteiger partial charge < -0.3 is 4.74 Å². The van der Waals surface area contributed by atoms with Crippen molar-refractivity contribution in [3.05, 3.63) is 72.6 Å². The third-order valence-corrected chi connectivity index (χ3v) is 3.17. The van der Waals surface area contributed by atoms with Crippen molar-refractivity contribution in [2.75, 3.05) is 7.11 Å². The maximum Gasteiger partial charge on any atom is 1.00 e. The Bertz CT molecular complexity index is 735. The van der Waals surface area contributed by atoms with Crippen LogP contribution in [0.25, 0.3) is 22.5 Å². The number of esters is 1. The number of carbonyl (C=O) groups excluding carboxylic acids is 1. The van der Waals surface area contributed by atoms with Crippen LogP contribution >= 0.6 is 0 Å². The Morgan fingerprint density at radius 3 is 1.87 bits per heavy atom. The van der Waals surface area contributed by atoms with E-state index in [0.29, 0.717) is 5.56 Å². The van der Waals surface area contributed by atoms with Crippen molar-refractivity contribution < 1.29 is 29.3 Å². The van der Waals surface area contributed by atoms with Gasteiger partial charge in [0, 0.05) is 23.8 Å². The van der Waals surface area contributed by atoms with Crippen molar-refractivity contribution in [1.82, 2.24) is 9.97 Å². The number of rotatable bonds is 3. The third kappa shape index (κ3) is 3.88. The summed E-state index contributed by atoms with van der Waals surface area (Å²) in [4.78, 5) is 20.5. The summed E-state index contributed by atoms with van der Waals surface area (Å²) in [5.41, 5.74) is 3.38. The molecule has 0 fully saturated rings. The van der Waals surface area contributed by atoms with E-state index in [0.717, 1.165) is 22.5 Å². The Hall–Kier alpha value is -2.37. The average Bonchev–Trinajstić information content (AvgIpc) is 2.62. The molecule has 0 amide bonds. The van der Waals surface area contributed by atoms with E-state index >= 15 is 0 Å². The predicted molar refractivity (Wildman–Crippen MR) is 83.1 cm³/mol. The minimum absolute atomic E-state index is 0. The number of hydrogen-bond acceptors (Lipinski definition) is 4. The van der Waals surface area contributed by atoms with E-state index < -0.39 is 5.97 Å². The van der Waals surface area contributed by atoms with E-state index in [2.05, 4.69) is 16.0 Å². The fourth-order valence-corrected chi connectivity index (χ4v) is 2.13. The Morgan fingerprint density at radius 1 is 0.957 bits per heavy atom. The van der Waals surface area contributed by atoms with Gasteiger partial charge in [-0.1, -0.05) is 35.4 Å². The molecule has 0 spiro atoms. The van der Waals surface area contributed by atoms with Gasteiger partial charge in [-0.2, -0.15) is 0 Å². The molecular formula is C18H13N2O2Os. The zero-order chi connectivity index (χ0) is 15.4. The molecule has 0 aliphatic heterocycles. The smallest absolute Gasteiger partial charge is 0.466 e. The molecule has 2 aromatic heterocycles. The molecule has 1 radical (unpaired) electrons. The minimum atomic E-state index is -0.400. The van der Waals surface area contributed by atoms with Gasteiger partial charge in [0.2, 0.25) is 0 Å². The normalized spacial score (nSPS) is 9.78. The molecule has 0 bridgehead atoms. The Balaban J connectivity index is 0.00000192. The summed E-state index contributed by atoms with van der Waals surface area (Å²) in [6.45, 7) is 0. The van der Waals surface area contributed by atoms with Crippen molar-refractivity contribution in [2.24, 2.45) is 0 Å². The Labute approximate surface area is 147 Å². The van der Waals surface area contributed by atoms with Gasteiger partial charge in [0.1, 0.15) is 0 Å². The van der Waals surface area contributed by atoms with Crippen molar-refractivity contribution in [2.45, 2.75) is 0 Å². The second-order valence-electron chi connectivity index (χ2n) is 4.62. The summed E-state index contributed by atoms with van der Waals surface area (Å²) in [5.74, 6) is -0.400. The zero-order valence-corrected chi connectivity index (χ0v) is 14.9. The molecule has 23 heavy (non-hydrogen) atoms. The zero-order valence-electron chi connectivity index (χ0n) is 12.3. The average molecular weight is 480 g/mol. The number of methoxy groups -OCH3 is 1. The first kappa shape index (κ1) is 17.0. The summed E-state index contributed by atoms with van der Waals surface area (Å²) in [6.07, 6.45) is 3.41. The number of benzene rings is 1. The van der Waals surface area contributed by atoms with Gasteiger partial charge in [-0.3, -0.25) is 9.97 Å². The molecule has 3 rings (SSSR count). The van der Waals surface area contributed by atoms with Gasteiger partial charge >= 0.3 is 25.8 Å². The number of nitrogens with zero attached hydrogens (tertiary/aromatic N) is 2. The molecule has 0 N–H and O–H groups in total. The molecule has 0 aliphatic rings. The topological polar surface area (TPSA) is 52.1 Å². The molecular weight excluding hydrogens is 466 g/mol. The summed E-state index contributed by atoms with van der Waals surface area (Å²) in [7, 11) is 1.36. The van der Waals surface area contributed by atoms with E-state index in [9.17, 15) is 4.79 Å². The van der Waals surface area contributed by atoms with Gasteiger partial charge in [0.05, 0.1) is 7.11 Å². The molecule has 0 unspecified atom stereocenters. The van der Waals surface area contributed by atoms with Crippen LogP contribution in [0.5, 0.6) is 0 Å². The molecule has 0 saturated heterocycles. The van der Waals surface area contributed by atoms with Crippen LogP contribution in [0.1, 0.15) is 10.4 Å². The van der Waals surface area contributed by atoms with Crippen molar-refractivity contribution in [3.8, 4) is 22.5 Å². The summed E-state index contributed by atoms with van der Waals surface area (Å²) in [6, 6.07) is 17.9. The molecule has 0 aliphatic carbocycles. The standard InChI is InChI=1S/C18H13N2O2.Os/c1-22-18(21)15-11-13(16-6-2-4-8-19-16)10-14(12-15)17-7-3-5-9-20-17;/h2-9,11-12H,1H3;/q-1;+1. The van der Waals surface area contributed by atoms with Crippen molar-refractivity contribution in [3.63, 3.8) is 0 Å². The van der Waals surface area contributed by atoms with Gasteiger partial charge in [0.25, 0.3) is 0 Å². The van der Waals surface area contributed by atoms with Crippen molar-refractivity contribution >= 4 is 5.97 Å². The van der Waals surface area contributed by atoms with Gasteiger partial charge in [0.15, 0.2) is 0 Å². The van der Waals surface area contributed by atoms with Gasteiger partial charge in [-0.15, -0.1) is 18.2 Å². The number of carbonyl (C=O) groups is 1. The second-order valence-corrected chi connectivity index (χ2v) is 4.62. The van der Waals surface area contributed by atoms with Crippen LogP contribution in [-0.4, -0.2) is 23.0 Å². The first-order valence-electron chi connectivity index (χ1n) is 6.76. The van der Waals surface area contributed by atoms with Crippen LogP contribution in [0, 0.1) is 6.07 Å². The van der Waals surface area contributed by atoms with Gasteiger partial charge in [-0.05, 0) is 17.7 Å². The molecule has 5 heteroatoms. The van der Waals surface area contributed by atoms with E-state index in [4.69, 9.17) is 4.74 Å². The molecule has 115 valence electrons. The van der Waals surface area contributed by atoms with E-state index in [1.54, 1.807) is 24.5 Å². The van der Waals surface area contributed by atoms with Gasteiger partial charge in [-0.25, -0.2) is 4.79 Å². The molecule has 4 nitrogen and oxygen atoms in total. The summed E-state index contributed by atoms with van der Waals surface area (Å²) in [5, 5.41) is 0. The molecule has 0 atom stereocenters. The SMILES string of the molecule is COC(=O)c1cc(-c2ccccn2)[c-]c(-c2ccccn2)c1.[Os+]. The van der Waals surface area contributed by atoms with Crippen LogP contribution in [-0.2, 0) is 24.5 Å². The first-order valence-corrected chi connectivity index (χ1v) is 6.76. The van der Waals surface area contributed by atoms with Crippen LogP contribution in [0.15, 0.2) is 60.9 Å². The summed E-state index contributed by atoms with van der Waals surface area (Å²) < 4.78 is 4.82. The Morgan fingerprint density at radius 2 is 1.48 bits per heavy atom. The van der Waals surface area contributed by atoms with Crippen LogP contribution in [0.4, 0.5) is 0 Å². The Kier molecular flexibility index (Phi) is 5.73. The molecule has 1 aromatic carbocycles.